The molecule has 0 saturated heterocycles. The molecule has 0 aliphatic rings. The number of carbonyl (C=O) groups is 1. The maximum atomic E-state index is 9.84. The van der Waals surface area contributed by atoms with E-state index in [2.05, 4.69) is 15.5 Å². The largest absolute Gasteiger partial charge is 0.527 e. The van der Waals surface area contributed by atoms with Crippen molar-refractivity contribution in [2.45, 2.75) is 20.8 Å². The summed E-state index contributed by atoms with van der Waals surface area (Å²) >= 11 is 0. The molecule has 0 radical (unpaired) electrons. The van der Waals surface area contributed by atoms with Crippen molar-refractivity contribution in [2.75, 3.05) is 19.8 Å². The summed E-state index contributed by atoms with van der Waals surface area (Å²) in [5.74, 6) is 4.38. The minimum Gasteiger partial charge on any atom is -0.433 e. The Bertz CT molecular complexity index is 87.0. The molecular formula is C7H19NO5. The molecule has 13 heavy (non-hydrogen) atoms. The first kappa shape index (κ1) is 18.0. The van der Waals surface area contributed by atoms with Gasteiger partial charge in [0.25, 0.3) is 0 Å². The molecule has 0 unspecified atom stereocenters. The van der Waals surface area contributed by atoms with Crippen LogP contribution in [0.5, 0.6) is 0 Å². The average molecular weight is 197 g/mol. The summed E-state index contributed by atoms with van der Waals surface area (Å²) in [6, 6.07) is 0. The van der Waals surface area contributed by atoms with Crippen LogP contribution in [0.4, 0.5) is 4.79 Å². The van der Waals surface area contributed by atoms with E-state index >= 15 is 0 Å². The third-order valence-corrected chi connectivity index (χ3v) is 0.358. The molecule has 0 aliphatic carbocycles. The fraction of sp³-hybridized carbons (Fsp3) is 0.857. The van der Waals surface area contributed by atoms with Gasteiger partial charge < -0.3 is 19.8 Å². The number of aliphatic hydroxyl groups is 2. The van der Waals surface area contributed by atoms with Crippen molar-refractivity contribution in [3.05, 3.63) is 0 Å². The molecule has 0 aromatic carbocycles. The highest BCUT2D eigenvalue weighted by molar-refractivity contribution is 5.59. The molecule has 0 spiro atoms. The lowest BCUT2D eigenvalue weighted by atomic mass is 10.9. The minimum absolute atomic E-state index is 0.250. The maximum Gasteiger partial charge on any atom is 0.527 e. The molecule has 6 heteroatoms. The third-order valence-electron chi connectivity index (χ3n) is 0.358. The standard InChI is InChI=1S/C3H7NO3.2C2H6O/c1-2-6-3(5)7-4;2*1-2-3/h2,4H2,1H3;2*3H,2H2,1H3. The van der Waals surface area contributed by atoms with Gasteiger partial charge in [-0.1, -0.05) is 0 Å². The molecule has 0 atom stereocenters. The minimum atomic E-state index is -0.845. The number of nitrogens with two attached hydrogens (primary N) is 1. The van der Waals surface area contributed by atoms with E-state index in [1.54, 1.807) is 20.8 Å². The Morgan fingerprint density at radius 2 is 1.54 bits per heavy atom. The van der Waals surface area contributed by atoms with E-state index in [1.807, 2.05) is 0 Å². The summed E-state index contributed by atoms with van der Waals surface area (Å²) in [4.78, 5) is 13.5. The number of hydrogen-bond acceptors (Lipinski definition) is 6. The second-order valence-corrected chi connectivity index (χ2v) is 1.43. The normalized spacial score (nSPS) is 6.92. The second-order valence-electron chi connectivity index (χ2n) is 1.43. The molecule has 0 saturated carbocycles. The van der Waals surface area contributed by atoms with E-state index < -0.39 is 6.16 Å². The predicted molar refractivity (Wildman–Crippen MR) is 47.8 cm³/mol. The highest BCUT2D eigenvalue weighted by atomic mass is 16.8. The lowest BCUT2D eigenvalue weighted by molar-refractivity contribution is 0.0590. The Balaban J connectivity index is -0.000000140. The number of hydrogen-bond donors (Lipinski definition) is 3. The van der Waals surface area contributed by atoms with Crippen LogP contribution in [-0.2, 0) is 9.57 Å². The van der Waals surface area contributed by atoms with Gasteiger partial charge in [-0.15, -0.1) is 0 Å². The molecule has 6 nitrogen and oxygen atoms in total. The number of rotatable bonds is 1. The molecule has 4 N–H and O–H groups in total. The van der Waals surface area contributed by atoms with Crippen LogP contribution >= 0.6 is 0 Å². The summed E-state index contributed by atoms with van der Waals surface area (Å²) in [6.07, 6.45) is -0.845. The Kier molecular flexibility index (Phi) is 31.2. The van der Waals surface area contributed by atoms with E-state index in [0.717, 1.165) is 0 Å². The quantitative estimate of drug-likeness (QED) is 0.405. The van der Waals surface area contributed by atoms with Crippen LogP contribution in [0.25, 0.3) is 0 Å². The third kappa shape index (κ3) is 54.2. The molecule has 0 heterocycles. The monoisotopic (exact) mass is 197 g/mol. The maximum absolute atomic E-state index is 9.84. The summed E-state index contributed by atoms with van der Waals surface area (Å²) < 4.78 is 4.20. The van der Waals surface area contributed by atoms with Gasteiger partial charge in [-0.25, -0.2) is 4.79 Å². The highest BCUT2D eigenvalue weighted by Crippen LogP contribution is 1.75. The Labute approximate surface area is 78.2 Å². The first-order valence-electron chi connectivity index (χ1n) is 3.89. The second kappa shape index (κ2) is 22.5. The van der Waals surface area contributed by atoms with Crippen LogP contribution in [0.15, 0.2) is 0 Å². The number of ether oxygens (including phenoxy) is 1. The van der Waals surface area contributed by atoms with Gasteiger partial charge in [0.1, 0.15) is 0 Å². The zero-order valence-corrected chi connectivity index (χ0v) is 8.32. The zero-order chi connectivity index (χ0) is 11.1. The Morgan fingerprint density at radius 1 is 1.23 bits per heavy atom. The number of aliphatic hydroxyl groups excluding tert-OH is 2. The van der Waals surface area contributed by atoms with Crippen LogP contribution < -0.4 is 5.90 Å². The SMILES string of the molecule is CCO.CCO.CCOC(=O)ON. The summed E-state index contributed by atoms with van der Waals surface area (Å²) in [6.45, 7) is 5.81. The average Bonchev–Trinajstić information content (AvgIpc) is 2.07. The molecule has 0 fully saturated rings. The van der Waals surface area contributed by atoms with Gasteiger partial charge in [-0.05, 0) is 20.8 Å². The molecule has 0 aromatic heterocycles. The zero-order valence-electron chi connectivity index (χ0n) is 8.32. The van der Waals surface area contributed by atoms with Crippen LogP contribution in [0.3, 0.4) is 0 Å². The van der Waals surface area contributed by atoms with Crippen molar-refractivity contribution in [1.82, 2.24) is 0 Å². The van der Waals surface area contributed by atoms with Crippen LogP contribution in [-0.4, -0.2) is 36.2 Å². The van der Waals surface area contributed by atoms with Crippen molar-refractivity contribution in [3.63, 3.8) is 0 Å². The van der Waals surface area contributed by atoms with E-state index in [1.165, 1.54) is 0 Å². The van der Waals surface area contributed by atoms with Gasteiger partial charge in [-0.2, -0.15) is 5.90 Å². The van der Waals surface area contributed by atoms with Crippen molar-refractivity contribution < 1.29 is 24.6 Å². The highest BCUT2D eigenvalue weighted by Gasteiger charge is 1.94. The van der Waals surface area contributed by atoms with E-state index in [-0.39, 0.29) is 19.8 Å². The van der Waals surface area contributed by atoms with Crippen molar-refractivity contribution in [3.8, 4) is 0 Å². The van der Waals surface area contributed by atoms with Crippen molar-refractivity contribution >= 4 is 6.16 Å². The molecular weight excluding hydrogens is 178 g/mol. The first-order chi connectivity index (χ1) is 6.14. The van der Waals surface area contributed by atoms with E-state index in [9.17, 15) is 4.79 Å². The Morgan fingerprint density at radius 3 is 1.62 bits per heavy atom. The fourth-order valence-corrected chi connectivity index (χ4v) is 0.152. The van der Waals surface area contributed by atoms with Gasteiger partial charge >= 0.3 is 6.16 Å². The smallest absolute Gasteiger partial charge is 0.433 e. The molecule has 0 rings (SSSR count). The summed E-state index contributed by atoms with van der Waals surface area (Å²) in [5, 5.41) is 15.1. The molecule has 0 bridgehead atoms. The van der Waals surface area contributed by atoms with Gasteiger partial charge in [0, 0.05) is 13.2 Å². The predicted octanol–water partition coefficient (Wildman–Crippen LogP) is 0.0304. The lowest BCUT2D eigenvalue weighted by Crippen LogP contribution is -2.11. The molecule has 0 amide bonds. The Hall–Kier alpha value is -0.850. The van der Waals surface area contributed by atoms with Crippen LogP contribution in [0.2, 0.25) is 0 Å². The topological polar surface area (TPSA) is 102 Å². The lowest BCUT2D eigenvalue weighted by Gasteiger charge is -1.93. The van der Waals surface area contributed by atoms with Gasteiger partial charge in [0.05, 0.1) is 6.61 Å². The van der Waals surface area contributed by atoms with Gasteiger partial charge in [0.15, 0.2) is 0 Å². The van der Waals surface area contributed by atoms with Crippen LogP contribution in [0, 0.1) is 0 Å². The molecule has 82 valence electrons. The van der Waals surface area contributed by atoms with Gasteiger partial charge in [0.2, 0.25) is 0 Å². The summed E-state index contributed by atoms with van der Waals surface area (Å²) in [7, 11) is 0. The number of carbonyl (C=O) groups excluding carboxylic acids is 1. The first-order valence-corrected chi connectivity index (χ1v) is 3.89. The fourth-order valence-electron chi connectivity index (χ4n) is 0.152. The van der Waals surface area contributed by atoms with Crippen molar-refractivity contribution in [1.29, 1.82) is 0 Å². The van der Waals surface area contributed by atoms with Crippen LogP contribution in [0.1, 0.15) is 20.8 Å². The van der Waals surface area contributed by atoms with E-state index in [4.69, 9.17) is 10.2 Å². The van der Waals surface area contributed by atoms with Crippen molar-refractivity contribution in [2.24, 2.45) is 5.90 Å². The van der Waals surface area contributed by atoms with Gasteiger partial charge in [-0.3, -0.25) is 0 Å². The summed E-state index contributed by atoms with van der Waals surface area (Å²) in [5.41, 5.74) is 0. The molecule has 0 aromatic rings. The molecule has 0 aliphatic heterocycles. The van der Waals surface area contributed by atoms with E-state index in [0.29, 0.717) is 0 Å².